The van der Waals surface area contributed by atoms with Crippen LogP contribution in [0.4, 0.5) is 5.69 Å². The highest BCUT2D eigenvalue weighted by atomic mass is 16.5. The summed E-state index contributed by atoms with van der Waals surface area (Å²) in [5.74, 6) is 0.462. The summed E-state index contributed by atoms with van der Waals surface area (Å²) in [5, 5.41) is 2.96. The molecule has 0 unspecified atom stereocenters. The van der Waals surface area contributed by atoms with Crippen molar-refractivity contribution in [3.05, 3.63) is 59.5 Å². The van der Waals surface area contributed by atoms with Crippen molar-refractivity contribution in [3.63, 3.8) is 0 Å². The first-order valence-electron chi connectivity index (χ1n) is 8.56. The molecule has 0 atom stereocenters. The van der Waals surface area contributed by atoms with Gasteiger partial charge in [-0.3, -0.25) is 9.20 Å². The van der Waals surface area contributed by atoms with Crippen molar-refractivity contribution in [2.24, 2.45) is 0 Å². The van der Waals surface area contributed by atoms with Gasteiger partial charge in [-0.25, -0.2) is 4.98 Å². The van der Waals surface area contributed by atoms with Crippen LogP contribution in [0.2, 0.25) is 0 Å². The minimum Gasteiger partial charge on any atom is -0.493 e. The van der Waals surface area contributed by atoms with Crippen molar-refractivity contribution in [1.29, 1.82) is 0 Å². The lowest BCUT2D eigenvalue weighted by Crippen LogP contribution is -2.15. The number of hydrogen-bond donors (Lipinski definition) is 1. The van der Waals surface area contributed by atoms with Gasteiger partial charge in [0, 0.05) is 11.9 Å². The maximum Gasteiger partial charge on any atom is 0.274 e. The molecule has 3 aromatic rings. The third kappa shape index (κ3) is 3.50. The number of nitrogens with zero attached hydrogens (tertiary/aromatic N) is 2. The molecule has 2 heterocycles. The molecular formula is C20H23N3O2. The number of methoxy groups -OCH3 is 1. The molecule has 0 saturated heterocycles. The van der Waals surface area contributed by atoms with E-state index in [9.17, 15) is 4.79 Å². The molecule has 0 saturated carbocycles. The topological polar surface area (TPSA) is 55.6 Å². The number of carbonyl (C=O) groups excluding carboxylic acids is 1. The van der Waals surface area contributed by atoms with Crippen LogP contribution < -0.4 is 10.1 Å². The molecule has 0 spiro atoms. The molecule has 3 rings (SSSR count). The molecule has 0 radical (unpaired) electrons. The molecule has 1 amide bonds. The number of hydrogen-bond acceptors (Lipinski definition) is 3. The highest BCUT2D eigenvalue weighted by molar-refractivity contribution is 6.04. The van der Waals surface area contributed by atoms with Crippen molar-refractivity contribution in [3.8, 4) is 5.75 Å². The summed E-state index contributed by atoms with van der Waals surface area (Å²) in [6.45, 7) is 4.01. The van der Waals surface area contributed by atoms with Crippen LogP contribution in [0.25, 0.3) is 5.65 Å². The van der Waals surface area contributed by atoms with Gasteiger partial charge in [-0.15, -0.1) is 0 Å². The van der Waals surface area contributed by atoms with E-state index in [1.165, 1.54) is 18.4 Å². The number of pyridine rings is 1. The third-order valence-corrected chi connectivity index (χ3v) is 4.25. The van der Waals surface area contributed by atoms with E-state index in [1.54, 1.807) is 11.5 Å². The monoisotopic (exact) mass is 337 g/mol. The van der Waals surface area contributed by atoms with Gasteiger partial charge in [0.2, 0.25) is 0 Å². The second-order valence-electron chi connectivity index (χ2n) is 6.07. The number of fused-ring (bicyclic) bond motifs is 1. The number of unbranched alkanes of at least 4 members (excludes halogenated alkanes) is 1. The first-order chi connectivity index (χ1) is 12.1. The molecule has 0 aliphatic heterocycles. The van der Waals surface area contributed by atoms with E-state index in [-0.39, 0.29) is 5.91 Å². The minimum atomic E-state index is -0.181. The second kappa shape index (κ2) is 7.38. The van der Waals surface area contributed by atoms with Crippen LogP contribution in [-0.4, -0.2) is 22.4 Å². The second-order valence-corrected chi connectivity index (χ2v) is 6.07. The molecular weight excluding hydrogens is 314 g/mol. The Morgan fingerprint density at radius 2 is 2.00 bits per heavy atom. The summed E-state index contributed by atoms with van der Waals surface area (Å²) in [6.07, 6.45) is 5.24. The minimum absolute atomic E-state index is 0.181. The molecule has 25 heavy (non-hydrogen) atoms. The molecule has 1 N–H and O–H groups in total. The smallest absolute Gasteiger partial charge is 0.274 e. The van der Waals surface area contributed by atoms with Crippen LogP contribution in [-0.2, 0) is 6.42 Å². The average molecular weight is 337 g/mol. The molecule has 130 valence electrons. The normalized spacial score (nSPS) is 10.8. The van der Waals surface area contributed by atoms with E-state index in [2.05, 4.69) is 29.4 Å². The molecule has 0 fully saturated rings. The van der Waals surface area contributed by atoms with E-state index < -0.39 is 0 Å². The number of aryl methyl sites for hydroxylation is 2. The number of rotatable bonds is 6. The van der Waals surface area contributed by atoms with Gasteiger partial charge in [0.25, 0.3) is 5.91 Å². The molecule has 0 aliphatic carbocycles. The van der Waals surface area contributed by atoms with E-state index in [0.29, 0.717) is 22.8 Å². The zero-order chi connectivity index (χ0) is 17.8. The fraction of sp³-hybridized carbons (Fsp3) is 0.300. The van der Waals surface area contributed by atoms with Gasteiger partial charge < -0.3 is 10.1 Å². The van der Waals surface area contributed by atoms with E-state index in [1.807, 2.05) is 37.4 Å². The van der Waals surface area contributed by atoms with Crippen molar-refractivity contribution in [2.45, 2.75) is 33.1 Å². The van der Waals surface area contributed by atoms with Gasteiger partial charge >= 0.3 is 0 Å². The van der Waals surface area contributed by atoms with Gasteiger partial charge in [0.15, 0.2) is 11.4 Å². The quantitative estimate of drug-likeness (QED) is 0.732. The van der Waals surface area contributed by atoms with Crippen LogP contribution in [0.1, 0.15) is 41.5 Å². The molecule has 2 aromatic heterocycles. The molecule has 0 bridgehead atoms. The van der Waals surface area contributed by atoms with E-state index in [4.69, 9.17) is 4.74 Å². The van der Waals surface area contributed by atoms with Crippen molar-refractivity contribution in [2.75, 3.05) is 12.4 Å². The lowest BCUT2D eigenvalue weighted by Gasteiger charge is -2.08. The number of benzene rings is 1. The first kappa shape index (κ1) is 17.0. The number of imidazole rings is 1. The van der Waals surface area contributed by atoms with Crippen molar-refractivity contribution < 1.29 is 9.53 Å². The predicted octanol–water partition coefficient (Wildman–Crippen LogP) is 4.25. The largest absolute Gasteiger partial charge is 0.493 e. The van der Waals surface area contributed by atoms with Crippen LogP contribution in [0, 0.1) is 6.92 Å². The highest BCUT2D eigenvalue weighted by Gasteiger charge is 2.18. The highest BCUT2D eigenvalue weighted by Crippen LogP contribution is 2.22. The zero-order valence-corrected chi connectivity index (χ0v) is 14.9. The number of anilines is 1. The first-order valence-corrected chi connectivity index (χ1v) is 8.56. The Balaban J connectivity index is 1.84. The summed E-state index contributed by atoms with van der Waals surface area (Å²) in [4.78, 5) is 17.2. The Morgan fingerprint density at radius 1 is 1.24 bits per heavy atom. The summed E-state index contributed by atoms with van der Waals surface area (Å²) < 4.78 is 7.09. The number of aromatic nitrogens is 2. The van der Waals surface area contributed by atoms with Gasteiger partial charge in [-0.2, -0.15) is 0 Å². The Morgan fingerprint density at radius 3 is 2.68 bits per heavy atom. The van der Waals surface area contributed by atoms with E-state index >= 15 is 0 Å². The lowest BCUT2D eigenvalue weighted by molar-refractivity contribution is 0.102. The Labute approximate surface area is 147 Å². The predicted molar refractivity (Wildman–Crippen MR) is 99.5 cm³/mol. The maximum atomic E-state index is 12.8. The van der Waals surface area contributed by atoms with Gasteiger partial charge in [0.05, 0.1) is 12.8 Å². The summed E-state index contributed by atoms with van der Waals surface area (Å²) in [5.41, 5.74) is 3.89. The fourth-order valence-corrected chi connectivity index (χ4v) is 2.91. The number of amides is 1. The molecule has 1 aromatic carbocycles. The van der Waals surface area contributed by atoms with Gasteiger partial charge in [-0.1, -0.05) is 25.5 Å². The third-order valence-electron chi connectivity index (χ3n) is 4.25. The van der Waals surface area contributed by atoms with Crippen LogP contribution in [0.5, 0.6) is 5.75 Å². The van der Waals surface area contributed by atoms with Crippen LogP contribution >= 0.6 is 0 Å². The van der Waals surface area contributed by atoms with Crippen molar-refractivity contribution >= 4 is 17.2 Å². The van der Waals surface area contributed by atoms with Crippen LogP contribution in [0.3, 0.4) is 0 Å². The number of carbonyl (C=O) groups is 1. The maximum absolute atomic E-state index is 12.8. The summed E-state index contributed by atoms with van der Waals surface area (Å²) >= 11 is 0. The van der Waals surface area contributed by atoms with Gasteiger partial charge in [0.1, 0.15) is 5.69 Å². The average Bonchev–Trinajstić information content (AvgIpc) is 2.97. The lowest BCUT2D eigenvalue weighted by atomic mass is 10.1. The Kier molecular flexibility index (Phi) is 5.03. The van der Waals surface area contributed by atoms with Gasteiger partial charge in [-0.05, 0) is 49.6 Å². The molecule has 5 nitrogen and oxygen atoms in total. The number of nitrogens with one attached hydrogen (secondary N) is 1. The standard InChI is InChI=1S/C20H23N3O2/c1-4-5-7-15-9-11-16(12-10-15)22-20(24)18-14(2)21-19-17(25-3)8-6-13-23(18)19/h6,8-13H,4-5,7H2,1-3H3,(H,22,24). The molecule has 0 aliphatic rings. The fourth-order valence-electron chi connectivity index (χ4n) is 2.91. The van der Waals surface area contributed by atoms with Crippen molar-refractivity contribution in [1.82, 2.24) is 9.38 Å². The zero-order valence-electron chi connectivity index (χ0n) is 14.9. The van der Waals surface area contributed by atoms with Crippen LogP contribution in [0.15, 0.2) is 42.6 Å². The SMILES string of the molecule is CCCCc1ccc(NC(=O)c2c(C)nc3c(OC)cccn23)cc1. The Hall–Kier alpha value is -2.82. The van der Waals surface area contributed by atoms with E-state index in [0.717, 1.165) is 12.1 Å². The summed E-state index contributed by atoms with van der Waals surface area (Å²) in [6, 6.07) is 11.7. The number of ether oxygens (including phenoxy) is 1. The molecule has 5 heteroatoms. The summed E-state index contributed by atoms with van der Waals surface area (Å²) in [7, 11) is 1.60. The Bertz CT molecular complexity index is 882.